The summed E-state index contributed by atoms with van der Waals surface area (Å²) in [5.41, 5.74) is 5.60. The molecule has 0 fully saturated rings. The van der Waals surface area contributed by atoms with E-state index in [0.717, 1.165) is 6.07 Å². The van der Waals surface area contributed by atoms with Gasteiger partial charge in [0.25, 0.3) is 15.8 Å². The van der Waals surface area contributed by atoms with Gasteiger partial charge in [0.1, 0.15) is 15.0 Å². The van der Waals surface area contributed by atoms with Crippen LogP contribution in [0.2, 0.25) is 0 Å². The summed E-state index contributed by atoms with van der Waals surface area (Å²) in [5.74, 6) is 0. The van der Waals surface area contributed by atoms with Gasteiger partial charge in [-0.15, -0.1) is 0 Å². The number of benzene rings is 4. The summed E-state index contributed by atoms with van der Waals surface area (Å²) in [5, 5.41) is 12.0. The molecule has 0 unspecified atom stereocenters. The van der Waals surface area contributed by atoms with Crippen LogP contribution in [-0.2, 0) is 20.2 Å². The van der Waals surface area contributed by atoms with Crippen LogP contribution in [0, 0.1) is 10.1 Å². The largest absolute Gasteiger partial charge is 1.00 e. The summed E-state index contributed by atoms with van der Waals surface area (Å²) in [6.45, 7) is 0. The zero-order valence-corrected chi connectivity index (χ0v) is 24.5. The van der Waals surface area contributed by atoms with Crippen LogP contribution in [0.4, 0.5) is 11.4 Å². The quantitative estimate of drug-likeness (QED) is 0.109. The van der Waals surface area contributed by atoms with Crippen molar-refractivity contribution in [2.45, 2.75) is 9.79 Å². The Morgan fingerprint density at radius 2 is 1.29 bits per heavy atom. The second-order valence-corrected chi connectivity index (χ2v) is 11.2. The molecule has 0 aliphatic rings. The number of non-ortho nitro benzene ring substituents is 1. The SMILES string of the molecule is Nc1cccc2c(Br)ccc(S(=O)(=O)[O-])c12.O=[N+]([O-])c1cccc2c(Br)ccc(S(=O)(=O)O)c12.[Na+]. The van der Waals surface area contributed by atoms with E-state index >= 15 is 0 Å². The molecule has 4 rings (SSSR count). The maximum absolute atomic E-state index is 11.3. The predicted octanol–water partition coefficient (Wildman–Crippen LogP) is 1.85. The first-order chi connectivity index (χ1) is 15.7. The van der Waals surface area contributed by atoms with Crippen molar-refractivity contribution in [2.24, 2.45) is 0 Å². The predicted molar refractivity (Wildman–Crippen MR) is 132 cm³/mol. The topological polar surface area (TPSA) is 181 Å². The van der Waals surface area contributed by atoms with Gasteiger partial charge in [0.15, 0.2) is 0 Å². The molecular formula is C20H13Br2N2NaO8S2. The van der Waals surface area contributed by atoms with Crippen molar-refractivity contribution < 1.29 is 60.4 Å². The zero-order chi connectivity index (χ0) is 25.4. The molecule has 0 saturated carbocycles. The minimum absolute atomic E-state index is 0. The number of halogens is 2. The van der Waals surface area contributed by atoms with Gasteiger partial charge in [-0.25, -0.2) is 8.42 Å². The minimum atomic E-state index is -4.53. The van der Waals surface area contributed by atoms with E-state index in [1.165, 1.54) is 36.4 Å². The van der Waals surface area contributed by atoms with E-state index < -0.39 is 30.1 Å². The summed E-state index contributed by atoms with van der Waals surface area (Å²) in [7, 11) is -9.05. The number of rotatable bonds is 3. The number of nitro benzene ring substituents is 1. The van der Waals surface area contributed by atoms with Crippen LogP contribution in [0.5, 0.6) is 0 Å². The maximum atomic E-state index is 11.3. The summed E-state index contributed by atoms with van der Waals surface area (Å²) in [6.07, 6.45) is 0. The van der Waals surface area contributed by atoms with Crippen LogP contribution in [0.1, 0.15) is 0 Å². The fraction of sp³-hybridized carbons (Fsp3) is 0. The van der Waals surface area contributed by atoms with Gasteiger partial charge < -0.3 is 10.3 Å². The van der Waals surface area contributed by atoms with Gasteiger partial charge in [0, 0.05) is 31.5 Å². The first kappa shape index (κ1) is 29.6. The van der Waals surface area contributed by atoms with Gasteiger partial charge in [-0.2, -0.15) is 8.42 Å². The fourth-order valence-corrected chi connectivity index (χ4v) is 5.61. The second-order valence-electron chi connectivity index (χ2n) is 6.75. The minimum Gasteiger partial charge on any atom is -0.744 e. The molecule has 0 radical (unpaired) electrons. The smallest absolute Gasteiger partial charge is 0.744 e. The van der Waals surface area contributed by atoms with Gasteiger partial charge in [-0.1, -0.05) is 56.1 Å². The van der Waals surface area contributed by atoms with Gasteiger partial charge in [0.05, 0.1) is 15.2 Å². The Hall–Kier alpha value is -1.62. The molecule has 0 atom stereocenters. The van der Waals surface area contributed by atoms with E-state index in [1.807, 2.05) is 0 Å². The molecule has 0 spiro atoms. The van der Waals surface area contributed by atoms with Gasteiger partial charge in [0.2, 0.25) is 0 Å². The Morgan fingerprint density at radius 1 is 0.800 bits per heavy atom. The molecule has 0 saturated heterocycles. The van der Waals surface area contributed by atoms with Crippen molar-refractivity contribution in [1.82, 2.24) is 0 Å². The fourth-order valence-electron chi connectivity index (χ4n) is 3.26. The van der Waals surface area contributed by atoms with Gasteiger partial charge >= 0.3 is 29.6 Å². The third-order valence-electron chi connectivity index (χ3n) is 4.65. The standard InChI is InChI=1S/C10H6BrNO5S.C10H8BrNO3S.Na/c11-7-4-5-9(18(15,16)17)10-6(7)2-1-3-8(10)12(13)14;11-7-4-5-9(16(13,14)15)10-6(7)2-1-3-8(10)12;/h1-5H,(H,15,16,17);1-5H,12H2,(H,13,14,15);/q;;+1/p-1. The maximum Gasteiger partial charge on any atom is 1.00 e. The van der Waals surface area contributed by atoms with Crippen LogP contribution in [0.3, 0.4) is 0 Å². The Morgan fingerprint density at radius 3 is 1.77 bits per heavy atom. The Labute approximate surface area is 238 Å². The van der Waals surface area contributed by atoms with Gasteiger partial charge in [-0.05, 0) is 35.7 Å². The van der Waals surface area contributed by atoms with Crippen LogP contribution in [-0.4, -0.2) is 30.9 Å². The molecule has 0 aliphatic heterocycles. The monoisotopic (exact) mass is 654 g/mol. The average Bonchev–Trinajstić information content (AvgIpc) is 2.73. The molecule has 35 heavy (non-hydrogen) atoms. The third-order valence-corrected chi connectivity index (χ3v) is 7.81. The molecule has 10 nitrogen and oxygen atoms in total. The summed E-state index contributed by atoms with van der Waals surface area (Å²) in [4.78, 5) is 9.46. The van der Waals surface area contributed by atoms with Crippen LogP contribution in [0.25, 0.3) is 21.5 Å². The Balaban J connectivity index is 0.000000241. The zero-order valence-electron chi connectivity index (χ0n) is 17.7. The molecule has 0 aromatic heterocycles. The number of nitrogens with two attached hydrogens (primary N) is 1. The van der Waals surface area contributed by atoms with Crippen molar-refractivity contribution in [2.75, 3.05) is 5.73 Å². The molecule has 0 aliphatic carbocycles. The first-order valence-electron chi connectivity index (χ1n) is 8.99. The average molecular weight is 656 g/mol. The molecule has 0 bridgehead atoms. The molecule has 15 heteroatoms. The molecule has 4 aromatic rings. The number of hydrogen-bond acceptors (Lipinski definition) is 8. The van der Waals surface area contributed by atoms with Crippen molar-refractivity contribution >= 4 is 85.0 Å². The van der Waals surface area contributed by atoms with E-state index in [1.54, 1.807) is 18.2 Å². The number of fused-ring (bicyclic) bond motifs is 2. The number of anilines is 1. The normalized spacial score (nSPS) is 11.4. The Bertz CT molecular complexity index is 1680. The van der Waals surface area contributed by atoms with Crippen LogP contribution >= 0.6 is 31.9 Å². The van der Waals surface area contributed by atoms with Crippen molar-refractivity contribution in [1.29, 1.82) is 0 Å². The van der Waals surface area contributed by atoms with Crippen molar-refractivity contribution in [3.63, 3.8) is 0 Å². The summed E-state index contributed by atoms with van der Waals surface area (Å²) >= 11 is 6.46. The van der Waals surface area contributed by atoms with E-state index in [2.05, 4.69) is 31.9 Å². The van der Waals surface area contributed by atoms with E-state index in [-0.39, 0.29) is 56.6 Å². The molecule has 0 heterocycles. The number of hydrogen-bond donors (Lipinski definition) is 2. The molecule has 0 amide bonds. The first-order valence-corrected chi connectivity index (χ1v) is 13.4. The van der Waals surface area contributed by atoms with E-state index in [4.69, 9.17) is 10.3 Å². The number of nitrogens with zero attached hydrogens (tertiary/aromatic N) is 1. The van der Waals surface area contributed by atoms with Crippen molar-refractivity contribution in [3.05, 3.63) is 79.7 Å². The van der Waals surface area contributed by atoms with E-state index in [0.29, 0.717) is 19.7 Å². The second kappa shape index (κ2) is 11.2. The molecule has 178 valence electrons. The summed E-state index contributed by atoms with van der Waals surface area (Å²) in [6, 6.07) is 14.4. The molecule has 3 N–H and O–H groups in total. The summed E-state index contributed by atoms with van der Waals surface area (Å²) < 4.78 is 66.1. The van der Waals surface area contributed by atoms with E-state index in [9.17, 15) is 31.5 Å². The van der Waals surface area contributed by atoms with Crippen LogP contribution < -0.4 is 35.3 Å². The van der Waals surface area contributed by atoms with Crippen molar-refractivity contribution in [3.8, 4) is 0 Å². The van der Waals surface area contributed by atoms with Gasteiger partial charge in [-0.3, -0.25) is 14.7 Å². The Kier molecular flexibility index (Phi) is 9.47. The number of nitro groups is 1. The molecule has 4 aromatic carbocycles. The number of nitrogen functional groups attached to an aromatic ring is 1. The third kappa shape index (κ3) is 6.39. The van der Waals surface area contributed by atoms with Crippen LogP contribution in [0.15, 0.2) is 79.4 Å². The molecular weight excluding hydrogens is 643 g/mol.